The van der Waals surface area contributed by atoms with Gasteiger partial charge in [0.25, 0.3) is 0 Å². The van der Waals surface area contributed by atoms with Crippen LogP contribution in [-0.4, -0.2) is 5.11 Å². The van der Waals surface area contributed by atoms with Gasteiger partial charge in [-0.25, -0.2) is 13.2 Å². The van der Waals surface area contributed by atoms with Gasteiger partial charge < -0.3 is 5.11 Å². The lowest BCUT2D eigenvalue weighted by molar-refractivity contribution is 0.359. The summed E-state index contributed by atoms with van der Waals surface area (Å²) in [6.45, 7) is 2.30. The first kappa shape index (κ1) is 21.9. The summed E-state index contributed by atoms with van der Waals surface area (Å²) in [6, 6.07) is 4.78. The molecule has 0 radical (unpaired) electrons. The fourth-order valence-corrected chi connectivity index (χ4v) is 5.06. The van der Waals surface area contributed by atoms with Crippen molar-refractivity contribution in [1.29, 1.82) is 0 Å². The molecule has 2 saturated carbocycles. The van der Waals surface area contributed by atoms with Gasteiger partial charge in [0.2, 0.25) is 5.82 Å². The molecule has 0 unspecified atom stereocenters. The Kier molecular flexibility index (Phi) is 6.40. The molecule has 0 heterocycles. The maximum atomic E-state index is 14.9. The number of rotatable bonds is 3. The van der Waals surface area contributed by atoms with Crippen molar-refractivity contribution in [1.82, 2.24) is 0 Å². The number of hydrogen-bond acceptors (Lipinski definition) is 1. The number of hydrogen-bond donors (Lipinski definition) is 1. The van der Waals surface area contributed by atoms with E-state index in [9.17, 15) is 22.7 Å². The Labute approximate surface area is 180 Å². The van der Waals surface area contributed by atoms with E-state index >= 15 is 0 Å². The van der Waals surface area contributed by atoms with Crippen LogP contribution in [-0.2, 0) is 0 Å². The Morgan fingerprint density at radius 1 is 0.742 bits per heavy atom. The van der Waals surface area contributed by atoms with Crippen LogP contribution >= 0.6 is 0 Å². The second-order valence-electron chi connectivity index (χ2n) is 9.21. The van der Waals surface area contributed by atoms with Crippen LogP contribution in [0.3, 0.4) is 0 Å². The lowest BCUT2D eigenvalue weighted by atomic mass is 9.76. The summed E-state index contributed by atoms with van der Waals surface area (Å²) in [5, 5.41) is 9.26. The van der Waals surface area contributed by atoms with Crippen LogP contribution in [0.25, 0.3) is 11.1 Å². The highest BCUT2D eigenvalue weighted by molar-refractivity contribution is 5.66. The van der Waals surface area contributed by atoms with Crippen LogP contribution < -0.4 is 0 Å². The SMILES string of the molecule is CC1CCC(=CC2CCC(c3ccc(-c4ccc(O)c(F)c4F)c(F)c3F)CC2)CC1. The Morgan fingerprint density at radius 3 is 1.97 bits per heavy atom. The molecule has 0 aromatic heterocycles. The molecule has 0 bridgehead atoms. The second kappa shape index (κ2) is 9.05. The maximum absolute atomic E-state index is 14.9. The smallest absolute Gasteiger partial charge is 0.200 e. The van der Waals surface area contributed by atoms with Crippen molar-refractivity contribution >= 4 is 0 Å². The first-order valence-electron chi connectivity index (χ1n) is 11.2. The van der Waals surface area contributed by atoms with Crippen molar-refractivity contribution in [2.75, 3.05) is 0 Å². The molecule has 4 rings (SSSR count). The van der Waals surface area contributed by atoms with Gasteiger partial charge in [-0.1, -0.05) is 30.7 Å². The average molecular weight is 433 g/mol. The third kappa shape index (κ3) is 4.51. The zero-order valence-electron chi connectivity index (χ0n) is 17.7. The van der Waals surface area contributed by atoms with Crippen LogP contribution in [0.4, 0.5) is 17.6 Å². The molecule has 0 spiro atoms. The lowest BCUT2D eigenvalue weighted by Crippen LogP contribution is -2.15. The molecule has 2 aromatic carbocycles. The number of allylic oxidation sites excluding steroid dienone is 2. The molecule has 0 amide bonds. The second-order valence-corrected chi connectivity index (χ2v) is 9.21. The van der Waals surface area contributed by atoms with Crippen LogP contribution in [0.2, 0.25) is 0 Å². The minimum atomic E-state index is -1.47. The van der Waals surface area contributed by atoms with Gasteiger partial charge in [-0.2, -0.15) is 4.39 Å². The minimum Gasteiger partial charge on any atom is -0.505 e. The molecule has 5 heteroatoms. The normalized spacial score (nSPS) is 24.3. The summed E-state index contributed by atoms with van der Waals surface area (Å²) in [4.78, 5) is 0. The van der Waals surface area contributed by atoms with Gasteiger partial charge in [-0.3, -0.25) is 0 Å². The Morgan fingerprint density at radius 2 is 1.32 bits per heavy atom. The molecule has 2 fully saturated rings. The van der Waals surface area contributed by atoms with E-state index in [-0.39, 0.29) is 11.5 Å². The van der Waals surface area contributed by atoms with E-state index < -0.39 is 34.6 Å². The van der Waals surface area contributed by atoms with Crippen molar-refractivity contribution in [3.63, 3.8) is 0 Å². The topological polar surface area (TPSA) is 20.2 Å². The molecule has 31 heavy (non-hydrogen) atoms. The highest BCUT2D eigenvalue weighted by Gasteiger charge is 2.27. The van der Waals surface area contributed by atoms with Gasteiger partial charge in [0.1, 0.15) is 0 Å². The molecule has 0 atom stereocenters. The van der Waals surface area contributed by atoms with Crippen LogP contribution in [0.1, 0.15) is 69.8 Å². The fraction of sp³-hybridized carbons (Fsp3) is 0.462. The molecule has 1 nitrogen and oxygen atoms in total. The number of halogens is 4. The average Bonchev–Trinajstić information content (AvgIpc) is 2.77. The molecule has 2 aromatic rings. The van der Waals surface area contributed by atoms with Crippen LogP contribution in [0.5, 0.6) is 5.75 Å². The number of phenolic OH excluding ortho intramolecular Hbond substituents is 1. The van der Waals surface area contributed by atoms with E-state index in [0.717, 1.165) is 43.7 Å². The molecule has 0 saturated heterocycles. The van der Waals surface area contributed by atoms with Crippen molar-refractivity contribution in [2.45, 2.75) is 64.2 Å². The predicted molar refractivity (Wildman–Crippen MR) is 114 cm³/mol. The van der Waals surface area contributed by atoms with Gasteiger partial charge in [0.05, 0.1) is 0 Å². The summed E-state index contributed by atoms with van der Waals surface area (Å²) >= 11 is 0. The Bertz CT molecular complexity index is 979. The van der Waals surface area contributed by atoms with Crippen LogP contribution in [0.15, 0.2) is 35.9 Å². The molecular formula is C26H28F4O. The van der Waals surface area contributed by atoms with E-state index in [1.54, 1.807) is 5.57 Å². The van der Waals surface area contributed by atoms with Crippen molar-refractivity contribution < 1.29 is 22.7 Å². The quantitative estimate of drug-likeness (QED) is 0.384. The molecule has 2 aliphatic carbocycles. The van der Waals surface area contributed by atoms with E-state index in [1.807, 2.05) is 0 Å². The van der Waals surface area contributed by atoms with Gasteiger partial charge in [0, 0.05) is 11.1 Å². The lowest BCUT2D eigenvalue weighted by Gasteiger charge is -2.29. The van der Waals surface area contributed by atoms with Gasteiger partial charge in [0.15, 0.2) is 23.2 Å². The summed E-state index contributed by atoms with van der Waals surface area (Å²) in [7, 11) is 0. The zero-order chi connectivity index (χ0) is 22.1. The Balaban J connectivity index is 1.49. The molecule has 0 aliphatic heterocycles. The first-order valence-corrected chi connectivity index (χ1v) is 11.2. The third-order valence-corrected chi connectivity index (χ3v) is 7.06. The summed E-state index contributed by atoms with van der Waals surface area (Å²) in [5.74, 6) is -4.67. The molecule has 166 valence electrons. The molecule has 1 N–H and O–H groups in total. The fourth-order valence-electron chi connectivity index (χ4n) is 5.06. The van der Waals surface area contributed by atoms with Gasteiger partial charge >= 0.3 is 0 Å². The highest BCUT2D eigenvalue weighted by Crippen LogP contribution is 2.41. The minimum absolute atomic E-state index is 0.0778. The van der Waals surface area contributed by atoms with Crippen molar-refractivity contribution in [3.05, 3.63) is 64.7 Å². The van der Waals surface area contributed by atoms with E-state index in [2.05, 4.69) is 13.0 Å². The predicted octanol–water partition coefficient (Wildman–Crippen LogP) is 8.03. The van der Waals surface area contributed by atoms with E-state index in [1.165, 1.54) is 37.8 Å². The third-order valence-electron chi connectivity index (χ3n) is 7.06. The number of benzene rings is 2. The standard InChI is InChI=1S/C26H28F4O/c1-15-2-4-16(5-3-15)14-17-6-8-18(9-7-17)19-10-11-20(24(28)23(19)27)21-12-13-22(31)26(30)25(21)29/h10-15,17-18,31H,2-9H2,1H3. The monoisotopic (exact) mass is 432 g/mol. The maximum Gasteiger partial charge on any atom is 0.200 e. The highest BCUT2D eigenvalue weighted by atomic mass is 19.2. The zero-order valence-corrected chi connectivity index (χ0v) is 17.7. The number of phenols is 1. The summed E-state index contributed by atoms with van der Waals surface area (Å²) in [6.07, 6.45) is 10.7. The number of aromatic hydroxyl groups is 1. The van der Waals surface area contributed by atoms with Crippen molar-refractivity contribution in [3.8, 4) is 16.9 Å². The molecule has 2 aliphatic rings. The largest absolute Gasteiger partial charge is 0.505 e. The molecular weight excluding hydrogens is 404 g/mol. The van der Waals surface area contributed by atoms with E-state index in [4.69, 9.17) is 0 Å². The summed E-state index contributed by atoms with van der Waals surface area (Å²) < 4.78 is 57.5. The van der Waals surface area contributed by atoms with Crippen LogP contribution in [0, 0.1) is 35.1 Å². The summed E-state index contributed by atoms with van der Waals surface area (Å²) in [5.41, 5.74) is 1.10. The first-order chi connectivity index (χ1) is 14.8. The van der Waals surface area contributed by atoms with Crippen molar-refractivity contribution in [2.24, 2.45) is 11.8 Å². The van der Waals surface area contributed by atoms with Gasteiger partial charge in [-0.05, 0) is 86.8 Å². The Hall–Kier alpha value is -2.30. The van der Waals surface area contributed by atoms with Gasteiger partial charge in [-0.15, -0.1) is 0 Å². The van der Waals surface area contributed by atoms with E-state index in [0.29, 0.717) is 11.5 Å².